The molecule has 0 saturated carbocycles. The van der Waals surface area contributed by atoms with Crippen LogP contribution in [-0.2, 0) is 20.7 Å². The Labute approximate surface area is 124 Å². The Bertz CT molecular complexity index is 651. The molecular formula is C17H19NO3. The maximum atomic E-state index is 11.9. The molecule has 0 fully saturated rings. The van der Waals surface area contributed by atoms with Gasteiger partial charge in [-0.25, -0.2) is 4.79 Å². The molecular weight excluding hydrogens is 266 g/mol. The lowest BCUT2D eigenvalue weighted by atomic mass is 10.0. The van der Waals surface area contributed by atoms with Crippen molar-refractivity contribution in [2.45, 2.75) is 26.3 Å². The van der Waals surface area contributed by atoms with Crippen molar-refractivity contribution in [3.63, 3.8) is 0 Å². The van der Waals surface area contributed by atoms with Gasteiger partial charge in [0.2, 0.25) is 5.91 Å². The van der Waals surface area contributed by atoms with Crippen LogP contribution in [0.3, 0.4) is 0 Å². The SMILES string of the molecule is CCOC(=O)C(Cc1ccc2ccccc2c1)NC(C)=O. The number of carbonyl (C=O) groups excluding carboxylic acids is 2. The zero-order valence-electron chi connectivity index (χ0n) is 12.3. The Kier molecular flexibility index (Phi) is 4.93. The maximum absolute atomic E-state index is 11.9. The van der Waals surface area contributed by atoms with Gasteiger partial charge in [-0.3, -0.25) is 4.79 Å². The number of hydrogen-bond acceptors (Lipinski definition) is 3. The molecule has 0 aliphatic rings. The van der Waals surface area contributed by atoms with Crippen molar-refractivity contribution in [1.82, 2.24) is 5.32 Å². The van der Waals surface area contributed by atoms with Crippen LogP contribution in [0.1, 0.15) is 19.4 Å². The average Bonchev–Trinajstić information content (AvgIpc) is 2.46. The monoisotopic (exact) mass is 285 g/mol. The van der Waals surface area contributed by atoms with E-state index in [1.54, 1.807) is 6.92 Å². The van der Waals surface area contributed by atoms with Gasteiger partial charge >= 0.3 is 5.97 Å². The lowest BCUT2D eigenvalue weighted by Gasteiger charge is -2.16. The summed E-state index contributed by atoms with van der Waals surface area (Å²) in [6.45, 7) is 3.44. The number of fused-ring (bicyclic) bond motifs is 1. The first-order valence-corrected chi connectivity index (χ1v) is 7.01. The molecule has 2 rings (SSSR count). The molecule has 4 heteroatoms. The molecule has 2 aromatic carbocycles. The zero-order valence-corrected chi connectivity index (χ0v) is 12.3. The second-order valence-corrected chi connectivity index (χ2v) is 4.89. The largest absolute Gasteiger partial charge is 0.464 e. The molecule has 0 saturated heterocycles. The van der Waals surface area contributed by atoms with Gasteiger partial charge in [0, 0.05) is 13.3 Å². The van der Waals surface area contributed by atoms with Crippen LogP contribution in [0.25, 0.3) is 10.8 Å². The summed E-state index contributed by atoms with van der Waals surface area (Å²) >= 11 is 0. The second-order valence-electron chi connectivity index (χ2n) is 4.89. The Morgan fingerprint density at radius 3 is 2.52 bits per heavy atom. The highest BCUT2D eigenvalue weighted by Crippen LogP contribution is 2.17. The molecule has 0 aliphatic carbocycles. The number of rotatable bonds is 5. The van der Waals surface area contributed by atoms with Gasteiger partial charge in [0.15, 0.2) is 0 Å². The van der Waals surface area contributed by atoms with E-state index in [1.165, 1.54) is 6.92 Å². The molecule has 110 valence electrons. The molecule has 0 aromatic heterocycles. The van der Waals surface area contributed by atoms with Crippen LogP contribution in [0.5, 0.6) is 0 Å². The minimum absolute atomic E-state index is 0.242. The van der Waals surface area contributed by atoms with Gasteiger partial charge in [-0.1, -0.05) is 42.5 Å². The van der Waals surface area contributed by atoms with Crippen molar-refractivity contribution in [2.75, 3.05) is 6.61 Å². The van der Waals surface area contributed by atoms with Crippen molar-refractivity contribution < 1.29 is 14.3 Å². The highest BCUT2D eigenvalue weighted by Gasteiger charge is 2.21. The third-order valence-electron chi connectivity index (χ3n) is 3.20. The number of amides is 1. The van der Waals surface area contributed by atoms with E-state index in [0.29, 0.717) is 13.0 Å². The van der Waals surface area contributed by atoms with Crippen molar-refractivity contribution in [3.8, 4) is 0 Å². The zero-order chi connectivity index (χ0) is 15.2. The number of esters is 1. The fourth-order valence-electron chi connectivity index (χ4n) is 2.28. The molecule has 2 aromatic rings. The molecule has 1 amide bonds. The number of ether oxygens (including phenoxy) is 1. The van der Waals surface area contributed by atoms with Crippen LogP contribution >= 0.6 is 0 Å². The van der Waals surface area contributed by atoms with E-state index in [1.807, 2.05) is 42.5 Å². The molecule has 0 bridgehead atoms. The smallest absolute Gasteiger partial charge is 0.328 e. The summed E-state index contributed by atoms with van der Waals surface area (Å²) in [7, 11) is 0. The van der Waals surface area contributed by atoms with Crippen molar-refractivity contribution in [3.05, 3.63) is 48.0 Å². The van der Waals surface area contributed by atoms with Crippen molar-refractivity contribution >= 4 is 22.6 Å². The molecule has 0 spiro atoms. The Morgan fingerprint density at radius 2 is 1.86 bits per heavy atom. The molecule has 1 atom stereocenters. The highest BCUT2D eigenvalue weighted by molar-refractivity contribution is 5.85. The van der Waals surface area contributed by atoms with Crippen molar-refractivity contribution in [1.29, 1.82) is 0 Å². The predicted molar refractivity (Wildman–Crippen MR) is 81.9 cm³/mol. The van der Waals surface area contributed by atoms with Gasteiger partial charge in [-0.15, -0.1) is 0 Å². The van der Waals surface area contributed by atoms with Gasteiger partial charge in [0.1, 0.15) is 6.04 Å². The lowest BCUT2D eigenvalue weighted by Crippen LogP contribution is -2.42. The summed E-state index contributed by atoms with van der Waals surface area (Å²) in [6.07, 6.45) is 0.420. The van der Waals surface area contributed by atoms with Gasteiger partial charge in [0.25, 0.3) is 0 Å². The number of carbonyl (C=O) groups is 2. The van der Waals surface area contributed by atoms with E-state index in [0.717, 1.165) is 16.3 Å². The van der Waals surface area contributed by atoms with Gasteiger partial charge < -0.3 is 10.1 Å². The first-order chi connectivity index (χ1) is 10.1. The summed E-state index contributed by atoms with van der Waals surface area (Å²) < 4.78 is 5.01. The molecule has 0 heterocycles. The summed E-state index contributed by atoms with van der Waals surface area (Å²) in [6, 6.07) is 13.4. The first kappa shape index (κ1) is 15.0. The molecule has 4 nitrogen and oxygen atoms in total. The van der Waals surface area contributed by atoms with Crippen LogP contribution in [0.15, 0.2) is 42.5 Å². The van der Waals surface area contributed by atoms with Crippen LogP contribution in [0.2, 0.25) is 0 Å². The fraction of sp³-hybridized carbons (Fsp3) is 0.294. The van der Waals surface area contributed by atoms with Crippen LogP contribution < -0.4 is 5.32 Å². The summed E-state index contributed by atoms with van der Waals surface area (Å²) in [4.78, 5) is 23.2. The quantitative estimate of drug-likeness (QED) is 0.859. The van der Waals surface area contributed by atoms with Crippen molar-refractivity contribution in [2.24, 2.45) is 0 Å². The summed E-state index contributed by atoms with van der Waals surface area (Å²) in [5.74, 6) is -0.644. The minimum atomic E-state index is -0.649. The third kappa shape index (κ3) is 4.05. The highest BCUT2D eigenvalue weighted by atomic mass is 16.5. The topological polar surface area (TPSA) is 55.4 Å². The number of hydrogen-bond donors (Lipinski definition) is 1. The fourth-order valence-corrected chi connectivity index (χ4v) is 2.28. The maximum Gasteiger partial charge on any atom is 0.328 e. The molecule has 0 radical (unpaired) electrons. The van der Waals surface area contributed by atoms with Gasteiger partial charge in [-0.05, 0) is 23.3 Å². The Hall–Kier alpha value is -2.36. The summed E-state index contributed by atoms with van der Waals surface area (Å²) in [5.41, 5.74) is 0.987. The van der Waals surface area contributed by atoms with E-state index in [4.69, 9.17) is 4.74 Å². The average molecular weight is 285 g/mol. The normalized spacial score (nSPS) is 11.9. The van der Waals surface area contributed by atoms with Crippen LogP contribution in [0.4, 0.5) is 0 Å². The molecule has 0 aliphatic heterocycles. The standard InChI is InChI=1S/C17H19NO3/c1-3-21-17(20)16(18-12(2)19)11-13-8-9-14-6-4-5-7-15(14)10-13/h4-10,16H,3,11H2,1-2H3,(H,18,19). The van der Waals surface area contributed by atoms with E-state index < -0.39 is 12.0 Å². The molecule has 1 unspecified atom stereocenters. The predicted octanol–water partition coefficient (Wildman–Crippen LogP) is 2.45. The van der Waals surface area contributed by atoms with Gasteiger partial charge in [0.05, 0.1) is 6.61 Å². The Balaban J connectivity index is 2.20. The van der Waals surface area contributed by atoms with Crippen LogP contribution in [-0.4, -0.2) is 24.5 Å². The van der Waals surface area contributed by atoms with E-state index >= 15 is 0 Å². The summed E-state index contributed by atoms with van der Waals surface area (Å²) in [5, 5.41) is 4.91. The first-order valence-electron chi connectivity index (χ1n) is 7.01. The minimum Gasteiger partial charge on any atom is -0.464 e. The molecule has 21 heavy (non-hydrogen) atoms. The van der Waals surface area contributed by atoms with E-state index in [-0.39, 0.29) is 5.91 Å². The third-order valence-corrected chi connectivity index (χ3v) is 3.20. The van der Waals surface area contributed by atoms with E-state index in [9.17, 15) is 9.59 Å². The second kappa shape index (κ2) is 6.88. The lowest BCUT2D eigenvalue weighted by molar-refractivity contribution is -0.147. The Morgan fingerprint density at radius 1 is 1.14 bits per heavy atom. The van der Waals surface area contributed by atoms with E-state index in [2.05, 4.69) is 5.32 Å². The van der Waals surface area contributed by atoms with Crippen LogP contribution in [0, 0.1) is 0 Å². The number of benzene rings is 2. The van der Waals surface area contributed by atoms with Gasteiger partial charge in [-0.2, -0.15) is 0 Å². The number of nitrogens with one attached hydrogen (secondary N) is 1. The molecule has 1 N–H and O–H groups in total.